The fourth-order valence-corrected chi connectivity index (χ4v) is 3.60. The second-order valence-corrected chi connectivity index (χ2v) is 8.23. The van der Waals surface area contributed by atoms with Gasteiger partial charge in [-0.15, -0.1) is 0 Å². The van der Waals surface area contributed by atoms with Crippen LogP contribution in [-0.2, 0) is 19.4 Å². The van der Waals surface area contributed by atoms with E-state index in [4.69, 9.17) is 4.74 Å². The molecule has 1 heterocycles. The number of carbonyl (C=O) groups is 2. The lowest BCUT2D eigenvalue weighted by molar-refractivity contribution is -0.109. The van der Waals surface area contributed by atoms with Crippen molar-refractivity contribution in [2.24, 2.45) is 0 Å². The van der Waals surface area contributed by atoms with Crippen molar-refractivity contribution in [2.45, 2.75) is 51.2 Å². The molecule has 0 aromatic rings. The second kappa shape index (κ2) is 5.48. The van der Waals surface area contributed by atoms with Crippen molar-refractivity contribution >= 4 is 22.2 Å². The molecule has 0 unspecified atom stereocenters. The van der Waals surface area contributed by atoms with Crippen LogP contribution in [0.1, 0.15) is 40.0 Å². The first-order valence-corrected chi connectivity index (χ1v) is 8.05. The Morgan fingerprint density at radius 3 is 2.26 bits per heavy atom. The monoisotopic (exact) mass is 291 g/mol. The summed E-state index contributed by atoms with van der Waals surface area (Å²) >= 11 is 0. The van der Waals surface area contributed by atoms with Crippen LogP contribution >= 0.6 is 0 Å². The molecule has 7 heteroatoms. The van der Waals surface area contributed by atoms with E-state index in [2.05, 4.69) is 5.32 Å². The lowest BCUT2D eigenvalue weighted by Gasteiger charge is -2.36. The van der Waals surface area contributed by atoms with E-state index in [1.807, 2.05) is 0 Å². The molecule has 110 valence electrons. The van der Waals surface area contributed by atoms with Gasteiger partial charge in [0.2, 0.25) is 0 Å². The Bertz CT molecular complexity index is 435. The maximum absolute atomic E-state index is 11.8. The molecule has 0 aliphatic carbocycles. The lowest BCUT2D eigenvalue weighted by Crippen LogP contribution is -2.54. The molecule has 1 rings (SSSR count). The Morgan fingerprint density at radius 1 is 1.32 bits per heavy atom. The largest absolute Gasteiger partial charge is 0.444 e. The normalized spacial score (nSPS) is 21.4. The van der Waals surface area contributed by atoms with Crippen molar-refractivity contribution in [3.05, 3.63) is 0 Å². The maximum atomic E-state index is 11.8. The molecule has 0 spiro atoms. The van der Waals surface area contributed by atoms with Gasteiger partial charge < -0.3 is 14.8 Å². The quantitative estimate of drug-likeness (QED) is 0.785. The summed E-state index contributed by atoms with van der Waals surface area (Å²) in [5.74, 6) is -0.0344. The van der Waals surface area contributed by atoms with Gasteiger partial charge >= 0.3 is 6.09 Å². The predicted molar refractivity (Wildman–Crippen MR) is 70.7 cm³/mol. The van der Waals surface area contributed by atoms with Crippen molar-refractivity contribution in [3.63, 3.8) is 0 Å². The third-order valence-corrected chi connectivity index (χ3v) is 4.68. The number of sulfone groups is 1. The Balaban J connectivity index is 2.73. The zero-order valence-corrected chi connectivity index (χ0v) is 12.4. The number of carbonyl (C=O) groups excluding carboxylic acids is 2. The minimum absolute atomic E-state index is 0.0172. The first-order chi connectivity index (χ1) is 8.58. The van der Waals surface area contributed by atoms with Crippen LogP contribution in [-0.4, -0.2) is 43.4 Å². The molecule has 1 N–H and O–H groups in total. The molecule has 0 atom stereocenters. The molecule has 0 saturated carbocycles. The molecule has 0 bridgehead atoms. The fourth-order valence-electron chi connectivity index (χ4n) is 1.99. The lowest BCUT2D eigenvalue weighted by atomic mass is 9.89. The van der Waals surface area contributed by atoms with E-state index in [1.54, 1.807) is 20.8 Å². The highest BCUT2D eigenvalue weighted by atomic mass is 32.2. The molecule has 0 aromatic heterocycles. The van der Waals surface area contributed by atoms with Gasteiger partial charge in [-0.25, -0.2) is 13.2 Å². The van der Waals surface area contributed by atoms with Gasteiger partial charge in [-0.05, 0) is 33.6 Å². The van der Waals surface area contributed by atoms with Crippen LogP contribution < -0.4 is 5.32 Å². The standard InChI is InChI=1S/C12H21NO5S/c1-11(2,3)18-10(15)13-12(4-7-14)5-8-19(16,17)9-6-12/h7H,4-6,8-9H2,1-3H3,(H,13,15). The SMILES string of the molecule is CC(C)(C)OC(=O)NC1(CC=O)CCS(=O)(=O)CC1. The molecule has 1 aliphatic heterocycles. The molecule has 19 heavy (non-hydrogen) atoms. The van der Waals surface area contributed by atoms with E-state index < -0.39 is 27.1 Å². The summed E-state index contributed by atoms with van der Waals surface area (Å²) in [5.41, 5.74) is -1.43. The molecular formula is C12H21NO5S. The van der Waals surface area contributed by atoms with Crippen molar-refractivity contribution in [1.29, 1.82) is 0 Å². The number of ether oxygens (including phenoxy) is 1. The number of aldehydes is 1. The Kier molecular flexibility index (Phi) is 4.60. The zero-order chi connectivity index (χ0) is 14.7. The highest BCUT2D eigenvalue weighted by molar-refractivity contribution is 7.91. The number of amides is 1. The Hall–Kier alpha value is -1.11. The summed E-state index contributed by atoms with van der Waals surface area (Å²) in [6, 6.07) is 0. The van der Waals surface area contributed by atoms with E-state index in [0.29, 0.717) is 6.29 Å². The minimum Gasteiger partial charge on any atom is -0.444 e. The van der Waals surface area contributed by atoms with Gasteiger partial charge in [-0.1, -0.05) is 0 Å². The predicted octanol–water partition coefficient (Wildman–Crippen LogP) is 1.05. The summed E-state index contributed by atoms with van der Waals surface area (Å²) in [7, 11) is -3.05. The van der Waals surface area contributed by atoms with E-state index in [1.165, 1.54) is 0 Å². The van der Waals surface area contributed by atoms with Crippen LogP contribution in [0.15, 0.2) is 0 Å². The first-order valence-electron chi connectivity index (χ1n) is 6.23. The van der Waals surface area contributed by atoms with Gasteiger partial charge in [0.15, 0.2) is 0 Å². The molecule has 1 aliphatic rings. The number of hydrogen-bond donors (Lipinski definition) is 1. The molecule has 0 radical (unpaired) electrons. The topological polar surface area (TPSA) is 89.5 Å². The molecule has 6 nitrogen and oxygen atoms in total. The summed E-state index contributed by atoms with van der Waals surface area (Å²) in [4.78, 5) is 22.5. The van der Waals surface area contributed by atoms with Crippen LogP contribution in [0.25, 0.3) is 0 Å². The van der Waals surface area contributed by atoms with Crippen molar-refractivity contribution in [3.8, 4) is 0 Å². The Labute approximate surface area is 113 Å². The fraction of sp³-hybridized carbons (Fsp3) is 0.833. The average molecular weight is 291 g/mol. The van der Waals surface area contributed by atoms with Crippen LogP contribution in [0.4, 0.5) is 4.79 Å². The summed E-state index contributed by atoms with van der Waals surface area (Å²) in [5, 5.41) is 2.67. The van der Waals surface area contributed by atoms with Gasteiger partial charge in [0, 0.05) is 6.42 Å². The third-order valence-electron chi connectivity index (χ3n) is 3.02. The number of alkyl carbamates (subject to hydrolysis) is 1. The molecule has 0 aromatic carbocycles. The smallest absolute Gasteiger partial charge is 0.408 e. The van der Waals surface area contributed by atoms with Crippen molar-refractivity contribution in [1.82, 2.24) is 5.32 Å². The molecule has 1 fully saturated rings. The van der Waals surface area contributed by atoms with Gasteiger partial charge in [-0.3, -0.25) is 0 Å². The van der Waals surface area contributed by atoms with Crippen molar-refractivity contribution in [2.75, 3.05) is 11.5 Å². The Morgan fingerprint density at radius 2 is 1.84 bits per heavy atom. The molecular weight excluding hydrogens is 270 g/mol. The van der Waals surface area contributed by atoms with E-state index in [9.17, 15) is 18.0 Å². The number of hydrogen-bond acceptors (Lipinski definition) is 5. The average Bonchev–Trinajstić information content (AvgIpc) is 2.20. The number of rotatable bonds is 3. The summed E-state index contributed by atoms with van der Waals surface area (Å²) in [6.45, 7) is 5.22. The van der Waals surface area contributed by atoms with Crippen molar-refractivity contribution < 1.29 is 22.7 Å². The van der Waals surface area contributed by atoms with Gasteiger partial charge in [0.05, 0.1) is 17.0 Å². The maximum Gasteiger partial charge on any atom is 0.408 e. The van der Waals surface area contributed by atoms with Crippen LogP contribution in [0.2, 0.25) is 0 Å². The van der Waals surface area contributed by atoms with E-state index in [0.717, 1.165) is 0 Å². The van der Waals surface area contributed by atoms with Gasteiger partial charge in [0.25, 0.3) is 0 Å². The highest BCUT2D eigenvalue weighted by Crippen LogP contribution is 2.27. The summed E-state index contributed by atoms with van der Waals surface area (Å²) < 4.78 is 28.0. The minimum atomic E-state index is -3.05. The molecule has 1 saturated heterocycles. The third kappa shape index (κ3) is 5.18. The van der Waals surface area contributed by atoms with Crippen LogP contribution in [0, 0.1) is 0 Å². The van der Waals surface area contributed by atoms with E-state index in [-0.39, 0.29) is 30.8 Å². The van der Waals surface area contributed by atoms with Crippen LogP contribution in [0.3, 0.4) is 0 Å². The van der Waals surface area contributed by atoms with Crippen LogP contribution in [0.5, 0.6) is 0 Å². The highest BCUT2D eigenvalue weighted by Gasteiger charge is 2.39. The van der Waals surface area contributed by atoms with E-state index >= 15 is 0 Å². The second-order valence-electron chi connectivity index (χ2n) is 5.93. The molecule has 1 amide bonds. The summed E-state index contributed by atoms with van der Waals surface area (Å²) in [6.07, 6.45) is 0.672. The number of nitrogens with one attached hydrogen (secondary N) is 1. The zero-order valence-electron chi connectivity index (χ0n) is 11.6. The van der Waals surface area contributed by atoms with Gasteiger partial charge in [-0.2, -0.15) is 0 Å². The van der Waals surface area contributed by atoms with Gasteiger partial charge in [0.1, 0.15) is 21.7 Å². The first kappa shape index (κ1) is 15.9.